The van der Waals surface area contributed by atoms with Gasteiger partial charge in [-0.3, -0.25) is 4.57 Å². The SMILES string of the molecule is CCC(C)OP(=O)(O)Cc1cc(Br)cnc1N. The number of hydrogen-bond acceptors (Lipinski definition) is 4. The van der Waals surface area contributed by atoms with Crippen LogP contribution in [0.5, 0.6) is 0 Å². The maximum atomic E-state index is 11.9. The van der Waals surface area contributed by atoms with Crippen molar-refractivity contribution in [2.24, 2.45) is 0 Å². The molecular weight excluding hydrogens is 307 g/mol. The molecule has 2 atom stereocenters. The van der Waals surface area contributed by atoms with Gasteiger partial charge in [-0.1, -0.05) is 6.92 Å². The fraction of sp³-hybridized carbons (Fsp3) is 0.500. The van der Waals surface area contributed by atoms with Crippen LogP contribution >= 0.6 is 23.5 Å². The van der Waals surface area contributed by atoms with Crippen LogP contribution in [-0.4, -0.2) is 16.0 Å². The quantitative estimate of drug-likeness (QED) is 0.814. The van der Waals surface area contributed by atoms with E-state index in [-0.39, 0.29) is 18.1 Å². The van der Waals surface area contributed by atoms with E-state index in [9.17, 15) is 9.46 Å². The van der Waals surface area contributed by atoms with Crippen molar-refractivity contribution in [2.45, 2.75) is 32.5 Å². The van der Waals surface area contributed by atoms with E-state index < -0.39 is 7.60 Å². The number of rotatable bonds is 5. The molecule has 1 aromatic heterocycles. The van der Waals surface area contributed by atoms with E-state index in [4.69, 9.17) is 10.3 Å². The van der Waals surface area contributed by atoms with Gasteiger partial charge in [0.25, 0.3) is 0 Å². The molecule has 1 heterocycles. The van der Waals surface area contributed by atoms with Crippen LogP contribution in [0.1, 0.15) is 25.8 Å². The molecule has 17 heavy (non-hydrogen) atoms. The highest BCUT2D eigenvalue weighted by Gasteiger charge is 2.24. The highest BCUT2D eigenvalue weighted by Crippen LogP contribution is 2.48. The standard InChI is InChI=1S/C10H16BrN2O3P/c1-3-7(2)16-17(14,15)6-8-4-9(11)5-13-10(8)12/h4-5,7H,3,6H2,1-2H3,(H2,12,13)(H,14,15). The zero-order valence-electron chi connectivity index (χ0n) is 9.76. The number of pyridine rings is 1. The van der Waals surface area contributed by atoms with Gasteiger partial charge in [0, 0.05) is 16.2 Å². The fourth-order valence-corrected chi connectivity index (χ4v) is 3.08. The van der Waals surface area contributed by atoms with Gasteiger partial charge >= 0.3 is 7.60 Å². The molecule has 0 fully saturated rings. The average molecular weight is 323 g/mol. The van der Waals surface area contributed by atoms with Crippen molar-refractivity contribution in [1.82, 2.24) is 4.98 Å². The maximum Gasteiger partial charge on any atom is 0.332 e. The first kappa shape index (κ1) is 14.6. The largest absolute Gasteiger partial charge is 0.383 e. The van der Waals surface area contributed by atoms with Crippen molar-refractivity contribution in [3.63, 3.8) is 0 Å². The van der Waals surface area contributed by atoms with Crippen LogP contribution in [0.4, 0.5) is 5.82 Å². The Balaban J connectivity index is 2.82. The third kappa shape index (κ3) is 4.76. The number of nitrogens with zero attached hydrogens (tertiary/aromatic N) is 1. The van der Waals surface area contributed by atoms with Crippen molar-refractivity contribution >= 4 is 29.3 Å². The smallest absolute Gasteiger partial charge is 0.332 e. The van der Waals surface area contributed by atoms with Crippen molar-refractivity contribution in [2.75, 3.05) is 5.73 Å². The Labute approximate surface area is 109 Å². The molecule has 0 amide bonds. The summed E-state index contributed by atoms with van der Waals surface area (Å²) in [5.74, 6) is 0.246. The first-order chi connectivity index (χ1) is 7.84. The van der Waals surface area contributed by atoms with Gasteiger partial charge in [0.1, 0.15) is 5.82 Å². The van der Waals surface area contributed by atoms with E-state index in [1.807, 2.05) is 6.92 Å². The number of anilines is 1. The number of aromatic nitrogens is 1. The molecule has 5 nitrogen and oxygen atoms in total. The molecule has 0 aliphatic heterocycles. The topological polar surface area (TPSA) is 85.4 Å². The summed E-state index contributed by atoms with van der Waals surface area (Å²) >= 11 is 3.24. The van der Waals surface area contributed by atoms with Crippen LogP contribution in [0.3, 0.4) is 0 Å². The van der Waals surface area contributed by atoms with Gasteiger partial charge in [-0.2, -0.15) is 0 Å². The predicted octanol–water partition coefficient (Wildman–Crippen LogP) is 2.93. The van der Waals surface area contributed by atoms with Crippen molar-refractivity contribution < 1.29 is 14.0 Å². The van der Waals surface area contributed by atoms with Gasteiger partial charge in [0.2, 0.25) is 0 Å². The minimum absolute atomic E-state index is 0.129. The summed E-state index contributed by atoms with van der Waals surface area (Å²) in [5, 5.41) is 0. The third-order valence-electron chi connectivity index (χ3n) is 2.26. The molecule has 0 aliphatic carbocycles. The minimum Gasteiger partial charge on any atom is -0.383 e. The maximum absolute atomic E-state index is 11.9. The summed E-state index contributed by atoms with van der Waals surface area (Å²) in [6.07, 6.45) is 1.83. The third-order valence-corrected chi connectivity index (χ3v) is 4.12. The molecule has 1 rings (SSSR count). The monoisotopic (exact) mass is 322 g/mol. The Morgan fingerprint density at radius 1 is 1.71 bits per heavy atom. The van der Waals surface area contributed by atoms with E-state index in [1.165, 1.54) is 6.20 Å². The van der Waals surface area contributed by atoms with Gasteiger partial charge in [-0.25, -0.2) is 4.98 Å². The molecule has 1 aromatic rings. The highest BCUT2D eigenvalue weighted by molar-refractivity contribution is 9.10. The molecule has 0 spiro atoms. The lowest BCUT2D eigenvalue weighted by atomic mass is 10.3. The van der Waals surface area contributed by atoms with E-state index >= 15 is 0 Å². The van der Waals surface area contributed by atoms with Crippen molar-refractivity contribution in [3.05, 3.63) is 22.3 Å². The Morgan fingerprint density at radius 3 is 2.94 bits per heavy atom. The molecule has 0 saturated heterocycles. The van der Waals surface area contributed by atoms with E-state index in [0.717, 1.165) is 0 Å². The second kappa shape index (κ2) is 5.96. The van der Waals surface area contributed by atoms with Crippen LogP contribution in [0.2, 0.25) is 0 Å². The zero-order chi connectivity index (χ0) is 13.1. The second-order valence-corrected chi connectivity index (χ2v) is 6.54. The van der Waals surface area contributed by atoms with Crippen molar-refractivity contribution in [3.8, 4) is 0 Å². The number of hydrogen-bond donors (Lipinski definition) is 2. The molecule has 0 aromatic carbocycles. The first-order valence-electron chi connectivity index (χ1n) is 5.24. The normalized spacial score (nSPS) is 16.5. The Bertz CT molecular complexity index is 442. The molecule has 2 unspecified atom stereocenters. The molecule has 96 valence electrons. The molecule has 0 aliphatic rings. The number of nitrogen functional groups attached to an aromatic ring is 1. The van der Waals surface area contributed by atoms with E-state index in [0.29, 0.717) is 16.5 Å². The van der Waals surface area contributed by atoms with Gasteiger partial charge < -0.3 is 15.2 Å². The van der Waals surface area contributed by atoms with Crippen LogP contribution in [0.15, 0.2) is 16.7 Å². The van der Waals surface area contributed by atoms with Gasteiger partial charge in [0.05, 0.1) is 12.3 Å². The summed E-state index contributed by atoms with van der Waals surface area (Å²) in [6.45, 7) is 3.64. The molecule has 7 heteroatoms. The summed E-state index contributed by atoms with van der Waals surface area (Å²) < 4.78 is 17.7. The lowest BCUT2D eigenvalue weighted by molar-refractivity contribution is 0.185. The van der Waals surface area contributed by atoms with E-state index in [1.54, 1.807) is 13.0 Å². The highest BCUT2D eigenvalue weighted by atomic mass is 79.9. The fourth-order valence-electron chi connectivity index (χ4n) is 1.23. The number of nitrogens with two attached hydrogens (primary N) is 1. The minimum atomic E-state index is -3.67. The molecule has 0 radical (unpaired) electrons. The van der Waals surface area contributed by atoms with Gasteiger partial charge in [0.15, 0.2) is 0 Å². The van der Waals surface area contributed by atoms with Crippen molar-refractivity contribution in [1.29, 1.82) is 0 Å². The lowest BCUT2D eigenvalue weighted by Crippen LogP contribution is -2.07. The second-order valence-electron chi connectivity index (χ2n) is 3.82. The van der Waals surface area contributed by atoms with Gasteiger partial charge in [-0.15, -0.1) is 0 Å². The lowest BCUT2D eigenvalue weighted by Gasteiger charge is -2.17. The summed E-state index contributed by atoms with van der Waals surface area (Å²) in [4.78, 5) is 13.6. The molecule has 0 bridgehead atoms. The summed E-state index contributed by atoms with van der Waals surface area (Å²) in [7, 11) is -3.67. The Kier molecular flexibility index (Phi) is 5.13. The molecule has 3 N–H and O–H groups in total. The summed E-state index contributed by atoms with van der Waals surface area (Å²) in [6, 6.07) is 1.67. The van der Waals surface area contributed by atoms with Crippen LogP contribution in [0, 0.1) is 0 Å². The number of halogens is 1. The van der Waals surface area contributed by atoms with Crippen LogP contribution in [0.25, 0.3) is 0 Å². The first-order valence-corrected chi connectivity index (χ1v) is 7.79. The van der Waals surface area contributed by atoms with Crippen LogP contribution < -0.4 is 5.73 Å². The predicted molar refractivity (Wildman–Crippen MR) is 70.7 cm³/mol. The molecular formula is C10H16BrN2O3P. The average Bonchev–Trinajstić information content (AvgIpc) is 2.22. The Hall–Kier alpha value is -0.420. The Morgan fingerprint density at radius 2 is 2.35 bits per heavy atom. The summed E-state index contributed by atoms with van der Waals surface area (Å²) in [5.41, 5.74) is 6.15. The van der Waals surface area contributed by atoms with Gasteiger partial charge in [-0.05, 0) is 35.3 Å². The van der Waals surface area contributed by atoms with Crippen LogP contribution in [-0.2, 0) is 15.3 Å². The molecule has 0 saturated carbocycles. The zero-order valence-corrected chi connectivity index (χ0v) is 12.2. The van der Waals surface area contributed by atoms with E-state index in [2.05, 4.69) is 20.9 Å².